The Hall–Kier alpha value is -13.1. The molecular weight excluding hydrogens is 1360 g/mol. The molecule has 0 spiro atoms. The molecule has 18 aromatic rings. The molecule has 2 aliphatic heterocycles. The summed E-state index contributed by atoms with van der Waals surface area (Å²) in [5.74, 6) is 0. The van der Waals surface area contributed by atoms with Crippen molar-refractivity contribution in [3.05, 3.63) is 449 Å². The minimum Gasteiger partial charge on any atom is -0.311 e. The Morgan fingerprint density at radius 3 is 0.899 bits per heavy atom. The molecular formula is C102H74BN3Si3. The lowest BCUT2D eigenvalue weighted by atomic mass is 9.33. The number of hydrogen-bond acceptors (Lipinski definition) is 2. The van der Waals surface area contributed by atoms with Crippen LogP contribution < -0.4 is 88.4 Å². The minimum absolute atomic E-state index is 0.252. The Kier molecular flexibility index (Phi) is 16.4. The van der Waals surface area contributed by atoms with Crippen LogP contribution in [0, 0.1) is 0 Å². The summed E-state index contributed by atoms with van der Waals surface area (Å²) in [7, 11) is -9.47. The number of fused-ring (bicyclic) bond motifs is 7. The van der Waals surface area contributed by atoms with Gasteiger partial charge in [0, 0.05) is 50.5 Å². The Balaban J connectivity index is 0.952. The molecule has 17 aromatic carbocycles. The van der Waals surface area contributed by atoms with Crippen LogP contribution in [-0.2, 0) is 0 Å². The molecule has 2 aliphatic rings. The molecule has 0 fully saturated rings. The van der Waals surface area contributed by atoms with Crippen LogP contribution in [0.5, 0.6) is 0 Å². The van der Waals surface area contributed by atoms with Crippen LogP contribution in [-0.4, -0.2) is 35.5 Å². The van der Waals surface area contributed by atoms with E-state index in [-0.39, 0.29) is 6.71 Å². The van der Waals surface area contributed by atoms with Crippen LogP contribution in [0.15, 0.2) is 449 Å². The number of hydrogen-bond donors (Lipinski definition) is 0. The van der Waals surface area contributed by atoms with Crippen molar-refractivity contribution < 1.29 is 0 Å². The van der Waals surface area contributed by atoms with Crippen LogP contribution in [0.4, 0.5) is 34.1 Å². The van der Waals surface area contributed by atoms with Crippen molar-refractivity contribution >= 4 is 165 Å². The molecule has 109 heavy (non-hydrogen) atoms. The topological polar surface area (TPSA) is 11.4 Å². The molecule has 3 heterocycles. The highest BCUT2D eigenvalue weighted by atomic mass is 28.3. The predicted octanol–water partition coefficient (Wildman–Crippen LogP) is 14.7. The summed E-state index contributed by atoms with van der Waals surface area (Å²) < 4.78 is 2.55. The monoisotopic (exact) mass is 1440 g/mol. The van der Waals surface area contributed by atoms with Gasteiger partial charge >= 0.3 is 0 Å². The lowest BCUT2D eigenvalue weighted by molar-refractivity contribution is 1.16. The average molecular weight is 1440 g/mol. The first-order chi connectivity index (χ1) is 54.1. The van der Waals surface area contributed by atoms with Crippen molar-refractivity contribution in [1.82, 2.24) is 4.57 Å². The molecule has 0 radical (unpaired) electrons. The summed E-state index contributed by atoms with van der Waals surface area (Å²) in [6.45, 7) is -0.252. The number of rotatable bonds is 16. The molecule has 1 aromatic heterocycles. The number of aromatic nitrogens is 1. The lowest BCUT2D eigenvalue weighted by Crippen LogP contribution is -2.75. The minimum atomic E-state index is -3.20. The molecule has 0 saturated heterocycles. The SMILES string of the molecule is c1ccc(-c2cccc3c2N(c2cccc([Si](c4ccccc4)(c4ccccc4)c4ccccc4)c2)c2cc(-n4c5ccccc5c5ccccc54)cc4c2B3c2ccc([Si](c3ccccc3)(c3ccccc3)c3ccccc3)cc2N4c2cccc([Si](c3ccccc3)(c3ccccc3)c3ccccc3)c2)cc1. The number of nitrogens with zero attached hydrogens (tertiary/aromatic N) is 3. The fraction of sp³-hybridized carbons (Fsp3) is 0. The fourth-order valence-corrected chi connectivity index (χ4v) is 33.3. The standard InChI is InChI=1S/C102H74BN3Si3/c1-11-38-75(39-12-1)91-64-37-65-95-102(91)106(77-41-36-61-89(71-77)108(82-48-19-5-20-49-82,83-50-21-6-22-51-83)84-52-23-7-24-53-84)100-73-78(105-96-66-33-31-62-92(96)93-63-32-34-67-97(93)105)72-99-101(100)103(95)94-69-68-90(109(85-54-25-8-26-55-85,86-56-27-9-28-57-86)87-58-29-10-30-59-87)74-98(94)104(99)76-40-35-60-88(70-76)107(79-42-13-2-14-43-79,80-44-15-3-16-45-80)81-46-17-4-18-47-81/h1-74H. The normalized spacial score (nSPS) is 12.5. The van der Waals surface area contributed by atoms with Crippen LogP contribution in [0.25, 0.3) is 38.6 Å². The number of para-hydroxylation sites is 3. The van der Waals surface area contributed by atoms with E-state index in [1.807, 2.05) is 0 Å². The van der Waals surface area contributed by atoms with Gasteiger partial charge in [-0.25, -0.2) is 0 Å². The van der Waals surface area contributed by atoms with Crippen LogP contribution >= 0.6 is 0 Å². The Morgan fingerprint density at radius 1 is 0.202 bits per heavy atom. The maximum Gasteiger partial charge on any atom is 0.252 e. The van der Waals surface area contributed by atoms with Gasteiger partial charge in [-0.2, -0.15) is 0 Å². The Morgan fingerprint density at radius 2 is 0.514 bits per heavy atom. The van der Waals surface area contributed by atoms with Crippen molar-refractivity contribution in [2.45, 2.75) is 0 Å². The Bertz CT molecular complexity index is 6010. The van der Waals surface area contributed by atoms with E-state index in [1.165, 1.54) is 89.4 Å². The van der Waals surface area contributed by atoms with Crippen LogP contribution in [0.3, 0.4) is 0 Å². The zero-order valence-corrected chi connectivity index (χ0v) is 63.1. The van der Waals surface area contributed by atoms with Gasteiger partial charge in [-0.1, -0.05) is 394 Å². The van der Waals surface area contributed by atoms with Crippen molar-refractivity contribution in [3.63, 3.8) is 0 Å². The highest BCUT2D eigenvalue weighted by molar-refractivity contribution is 7.21. The van der Waals surface area contributed by atoms with E-state index in [0.29, 0.717) is 0 Å². The second-order valence-electron chi connectivity index (χ2n) is 28.9. The predicted molar refractivity (Wildman–Crippen MR) is 471 cm³/mol. The van der Waals surface area contributed by atoms with E-state index >= 15 is 0 Å². The highest BCUT2D eigenvalue weighted by Gasteiger charge is 2.50. The van der Waals surface area contributed by atoms with Gasteiger partial charge in [0.05, 0.1) is 16.7 Å². The van der Waals surface area contributed by atoms with E-state index in [1.54, 1.807) is 0 Å². The van der Waals surface area contributed by atoms with Crippen molar-refractivity contribution in [2.24, 2.45) is 0 Å². The maximum atomic E-state index is 2.72. The van der Waals surface area contributed by atoms with Gasteiger partial charge in [0.15, 0.2) is 24.2 Å². The number of benzene rings is 17. The summed E-state index contributed by atoms with van der Waals surface area (Å²) in [6.07, 6.45) is 0. The summed E-state index contributed by atoms with van der Waals surface area (Å²) >= 11 is 0. The molecule has 0 bridgehead atoms. The van der Waals surface area contributed by atoms with E-state index in [2.05, 4.69) is 463 Å². The van der Waals surface area contributed by atoms with Crippen LogP contribution in [0.1, 0.15) is 0 Å². The van der Waals surface area contributed by atoms with Gasteiger partial charge in [-0.05, 0) is 139 Å². The van der Waals surface area contributed by atoms with Crippen molar-refractivity contribution in [2.75, 3.05) is 9.80 Å². The second-order valence-corrected chi connectivity index (χ2v) is 40.3. The highest BCUT2D eigenvalue weighted by Crippen LogP contribution is 2.49. The first kappa shape index (κ1) is 65.4. The second kappa shape index (κ2) is 27.3. The summed E-state index contributed by atoms with van der Waals surface area (Å²) in [5.41, 5.74) is 16.1. The molecule has 0 atom stereocenters. The van der Waals surface area contributed by atoms with Crippen LogP contribution in [0.2, 0.25) is 0 Å². The van der Waals surface area contributed by atoms with Gasteiger partial charge < -0.3 is 14.4 Å². The summed E-state index contributed by atoms with van der Waals surface area (Å²) in [5, 5.41) is 18.2. The maximum absolute atomic E-state index is 3.20. The molecule has 0 aliphatic carbocycles. The molecule has 512 valence electrons. The van der Waals surface area contributed by atoms with E-state index in [4.69, 9.17) is 0 Å². The molecule has 3 nitrogen and oxygen atoms in total. The van der Waals surface area contributed by atoms with Gasteiger partial charge in [-0.3, -0.25) is 0 Å². The molecule has 7 heteroatoms. The molecule has 0 N–H and O–H groups in total. The first-order valence-corrected chi connectivity index (χ1v) is 43.9. The van der Waals surface area contributed by atoms with E-state index in [0.717, 1.165) is 62.0 Å². The third-order valence-corrected chi connectivity index (χ3v) is 37.7. The zero-order valence-electron chi connectivity index (χ0n) is 60.1. The fourth-order valence-electron chi connectivity index (χ4n) is 18.9. The Labute approximate surface area is 641 Å². The third kappa shape index (κ3) is 10.4. The lowest BCUT2D eigenvalue weighted by Gasteiger charge is -2.46. The van der Waals surface area contributed by atoms with Gasteiger partial charge in [0.25, 0.3) is 6.71 Å². The first-order valence-electron chi connectivity index (χ1n) is 37.9. The van der Waals surface area contributed by atoms with Crippen molar-refractivity contribution in [1.29, 1.82) is 0 Å². The van der Waals surface area contributed by atoms with Gasteiger partial charge in [0.2, 0.25) is 0 Å². The summed E-state index contributed by atoms with van der Waals surface area (Å²) in [6, 6.07) is 171. The van der Waals surface area contributed by atoms with Gasteiger partial charge in [-0.15, -0.1) is 0 Å². The molecule has 20 rings (SSSR count). The zero-order chi connectivity index (χ0) is 72.3. The molecule has 0 amide bonds. The van der Waals surface area contributed by atoms with E-state index < -0.39 is 24.2 Å². The quantitative estimate of drug-likeness (QED) is 0.0706. The van der Waals surface area contributed by atoms with Gasteiger partial charge in [0.1, 0.15) is 0 Å². The van der Waals surface area contributed by atoms with Crippen molar-refractivity contribution in [3.8, 4) is 16.8 Å². The van der Waals surface area contributed by atoms with E-state index in [9.17, 15) is 0 Å². The average Bonchev–Trinajstić information content (AvgIpc) is 1.21. The molecule has 0 unspecified atom stereocenters. The largest absolute Gasteiger partial charge is 0.311 e. The summed E-state index contributed by atoms with van der Waals surface area (Å²) in [4.78, 5) is 5.41. The third-order valence-electron chi connectivity index (χ3n) is 23.4. The number of anilines is 6. The molecule has 0 saturated carbocycles. The smallest absolute Gasteiger partial charge is 0.252 e.